The summed E-state index contributed by atoms with van der Waals surface area (Å²) in [5.41, 5.74) is 10.3. The van der Waals surface area contributed by atoms with Crippen LogP contribution in [-0.2, 0) is 37.3 Å². The summed E-state index contributed by atoms with van der Waals surface area (Å²) in [6.45, 7) is 13.6. The maximum atomic E-state index is 14.0. The van der Waals surface area contributed by atoms with E-state index in [-0.39, 0.29) is 42.7 Å². The van der Waals surface area contributed by atoms with E-state index in [4.69, 9.17) is 14.7 Å². The first-order chi connectivity index (χ1) is 24.6. The van der Waals surface area contributed by atoms with Crippen molar-refractivity contribution in [1.82, 2.24) is 30.6 Å². The molecule has 3 aromatic rings. The van der Waals surface area contributed by atoms with E-state index in [2.05, 4.69) is 34.1 Å². The number of methoxy groups -OCH3 is 1. The van der Waals surface area contributed by atoms with E-state index in [1.165, 1.54) is 7.11 Å². The molecule has 8 bridgehead atoms. The fourth-order valence-electron chi connectivity index (χ4n) is 7.13. The lowest BCUT2D eigenvalue weighted by molar-refractivity contribution is -0.139. The van der Waals surface area contributed by atoms with Crippen molar-refractivity contribution < 1.29 is 32.1 Å². The van der Waals surface area contributed by atoms with Crippen LogP contribution in [0.1, 0.15) is 101 Å². The molecule has 1 unspecified atom stereocenters. The third-order valence-corrected chi connectivity index (χ3v) is 10.8. The van der Waals surface area contributed by atoms with Crippen LogP contribution >= 0.6 is 0 Å². The van der Waals surface area contributed by atoms with Gasteiger partial charge in [-0.15, -0.1) is 0 Å². The van der Waals surface area contributed by atoms with Crippen molar-refractivity contribution in [2.24, 2.45) is 0 Å². The average Bonchev–Trinajstić information content (AvgIpc) is 3.78. The second-order valence-corrected chi connectivity index (χ2v) is 14.8. The normalized spacial score (nSPS) is 15.8. The van der Waals surface area contributed by atoms with E-state index in [9.17, 15) is 27.4 Å². The summed E-state index contributed by atoms with van der Waals surface area (Å²) in [6, 6.07) is 5.85. The van der Waals surface area contributed by atoms with Crippen molar-refractivity contribution in [3.05, 3.63) is 81.4 Å². The first-order valence-electron chi connectivity index (χ1n) is 17.2. The number of fused-ring (bicyclic) bond motifs is 8. The molecule has 13 nitrogen and oxygen atoms in total. The molecule has 0 saturated carbocycles. The largest absolute Gasteiger partial charge is 0.469 e. The van der Waals surface area contributed by atoms with Gasteiger partial charge in [-0.25, -0.2) is 4.98 Å². The molecular formula is C38H46N6O7S. The Kier molecular flexibility index (Phi) is 11.2. The first-order valence-corrected chi connectivity index (χ1v) is 18.8. The minimum atomic E-state index is -4.35. The molecule has 0 aliphatic carbocycles. The number of allylic oxidation sites excluding steroid dienone is 3. The third kappa shape index (κ3) is 7.58. The fourth-order valence-corrected chi connectivity index (χ4v) is 7.49. The summed E-state index contributed by atoms with van der Waals surface area (Å²) < 4.78 is 37.5. The number of aromatic nitrogens is 4. The molecule has 2 amide bonds. The summed E-state index contributed by atoms with van der Waals surface area (Å²) in [5.74, 6) is -2.57. The van der Waals surface area contributed by atoms with Gasteiger partial charge in [0.05, 0.1) is 47.4 Å². The Morgan fingerprint density at radius 1 is 1.02 bits per heavy atom. The molecule has 2 aliphatic rings. The third-order valence-electron chi connectivity index (χ3n) is 10.1. The standard InChI is InChI=1S/C38H46N6O7S/c1-9-23-19(3)27-16-29-21(5)25(11-12-33(45)39-7)36(43-29)26(15-34(46)51-8)37-35(38(47)40-13-14-52(48,49)50)22(6)30(44-37)18-32-24(10-2)20(4)28(42-32)17-31(23)41-27/h9,16-18,21,25,42,44H,1,10-15H2,2-8H3,(H,39,45)(H,40,47)(H,48,49,50)/t21?,25-/m0/s1. The van der Waals surface area contributed by atoms with Crippen LogP contribution in [0.2, 0.25) is 0 Å². The molecule has 52 heavy (non-hydrogen) atoms. The number of hydrogen-bond donors (Lipinski definition) is 5. The van der Waals surface area contributed by atoms with Gasteiger partial charge >= 0.3 is 5.97 Å². The Labute approximate surface area is 303 Å². The van der Waals surface area contributed by atoms with Crippen LogP contribution in [0.25, 0.3) is 33.2 Å². The maximum Gasteiger partial charge on any atom is 0.310 e. The Balaban J connectivity index is 1.98. The van der Waals surface area contributed by atoms with E-state index in [0.717, 1.165) is 39.0 Å². The zero-order valence-corrected chi connectivity index (χ0v) is 31.4. The Hall–Kier alpha value is -5.08. The number of H-pyrrole nitrogens is 2. The second-order valence-electron chi connectivity index (χ2n) is 13.2. The zero-order valence-electron chi connectivity index (χ0n) is 30.6. The molecule has 0 radical (unpaired) electrons. The summed E-state index contributed by atoms with van der Waals surface area (Å²) in [6.07, 6.45) is 2.83. The predicted molar refractivity (Wildman–Crippen MR) is 201 cm³/mol. The van der Waals surface area contributed by atoms with Gasteiger partial charge in [-0.3, -0.25) is 23.9 Å². The van der Waals surface area contributed by atoms with Gasteiger partial charge < -0.3 is 25.3 Å². The number of rotatable bonds is 11. The minimum Gasteiger partial charge on any atom is -0.469 e. The summed E-state index contributed by atoms with van der Waals surface area (Å²) in [5, 5.41) is 5.30. The molecule has 276 valence electrons. The molecule has 2 atom stereocenters. The number of carbonyl (C=O) groups excluding carboxylic acids is 3. The van der Waals surface area contributed by atoms with E-state index < -0.39 is 27.7 Å². The Morgan fingerprint density at radius 2 is 1.73 bits per heavy atom. The molecule has 2 aliphatic heterocycles. The molecule has 5 heterocycles. The molecule has 0 spiro atoms. The fraction of sp³-hybridized carbons (Fsp3) is 0.395. The van der Waals surface area contributed by atoms with Crippen molar-refractivity contribution >= 4 is 61.1 Å². The van der Waals surface area contributed by atoms with Gasteiger partial charge in [0.2, 0.25) is 5.91 Å². The topological polar surface area (TPSA) is 196 Å². The van der Waals surface area contributed by atoms with Gasteiger partial charge in [-0.05, 0) is 74.1 Å². The van der Waals surface area contributed by atoms with E-state index >= 15 is 0 Å². The number of nitrogens with one attached hydrogen (secondary N) is 4. The highest BCUT2D eigenvalue weighted by Crippen LogP contribution is 2.43. The quantitative estimate of drug-likeness (QED) is 0.128. The predicted octanol–water partition coefficient (Wildman–Crippen LogP) is 5.36. The first kappa shape index (κ1) is 38.2. The van der Waals surface area contributed by atoms with Crippen LogP contribution in [0.3, 0.4) is 0 Å². The van der Waals surface area contributed by atoms with Crippen molar-refractivity contribution in [3.63, 3.8) is 0 Å². The number of amides is 2. The Bertz CT molecular complexity index is 2280. The molecule has 3 aromatic heterocycles. The van der Waals surface area contributed by atoms with Crippen LogP contribution < -0.4 is 10.6 Å². The van der Waals surface area contributed by atoms with Crippen molar-refractivity contribution in [2.75, 3.05) is 26.5 Å². The monoisotopic (exact) mass is 730 g/mol. The number of aromatic amines is 2. The lowest BCUT2D eigenvalue weighted by atomic mass is 9.84. The highest BCUT2D eigenvalue weighted by Gasteiger charge is 2.34. The molecule has 0 fully saturated rings. The molecule has 5 rings (SSSR count). The van der Waals surface area contributed by atoms with Crippen molar-refractivity contribution in [1.29, 1.82) is 0 Å². The lowest BCUT2D eigenvalue weighted by Gasteiger charge is -2.18. The van der Waals surface area contributed by atoms with Crippen LogP contribution in [0, 0.1) is 13.8 Å². The van der Waals surface area contributed by atoms with E-state index in [1.807, 2.05) is 39.0 Å². The maximum absolute atomic E-state index is 14.0. The molecule has 5 N–H and O–H groups in total. The lowest BCUT2D eigenvalue weighted by Crippen LogP contribution is -2.29. The van der Waals surface area contributed by atoms with Crippen LogP contribution in [0.5, 0.6) is 0 Å². The second kappa shape index (κ2) is 15.3. The number of aryl methyl sites for hydroxylation is 3. The summed E-state index contributed by atoms with van der Waals surface area (Å²) in [4.78, 5) is 56.8. The average molecular weight is 731 g/mol. The van der Waals surface area contributed by atoms with E-state index in [0.29, 0.717) is 52.1 Å². The van der Waals surface area contributed by atoms with Crippen LogP contribution in [-0.4, -0.2) is 77.1 Å². The van der Waals surface area contributed by atoms with Crippen molar-refractivity contribution in [2.45, 2.75) is 72.1 Å². The van der Waals surface area contributed by atoms with Gasteiger partial charge in [-0.1, -0.05) is 26.5 Å². The van der Waals surface area contributed by atoms with Crippen LogP contribution in [0.15, 0.2) is 30.9 Å². The minimum absolute atomic E-state index is 0.153. The molecule has 14 heteroatoms. The van der Waals surface area contributed by atoms with Gasteiger partial charge in [0, 0.05) is 65.2 Å². The number of hydrogen-bond acceptors (Lipinski definition) is 8. The molecular weight excluding hydrogens is 685 g/mol. The smallest absolute Gasteiger partial charge is 0.310 e. The Morgan fingerprint density at radius 3 is 2.37 bits per heavy atom. The number of nitrogens with zero attached hydrogens (tertiary/aromatic N) is 2. The molecule has 0 saturated heterocycles. The van der Waals surface area contributed by atoms with Gasteiger partial charge in [-0.2, -0.15) is 8.42 Å². The van der Waals surface area contributed by atoms with Crippen molar-refractivity contribution in [3.8, 4) is 0 Å². The van der Waals surface area contributed by atoms with Gasteiger partial charge in [0.1, 0.15) is 0 Å². The number of ether oxygens (including phenoxy) is 1. The van der Waals surface area contributed by atoms with Gasteiger partial charge in [0.15, 0.2) is 0 Å². The van der Waals surface area contributed by atoms with E-state index in [1.54, 1.807) is 20.0 Å². The van der Waals surface area contributed by atoms with Gasteiger partial charge in [0.25, 0.3) is 16.0 Å². The van der Waals surface area contributed by atoms with Crippen LogP contribution in [0.4, 0.5) is 0 Å². The SMILES string of the molecule is C=CC1=C(C)c2cc3nc(c(CC(=O)OC)c4[nH]c(cc5[nH]c(cc1n2)c(C)c5CC)c(C)c4C(=O)NCCS(=O)(=O)O)[C@@H](CCC(=O)NC)C3C. The highest BCUT2D eigenvalue weighted by molar-refractivity contribution is 7.85. The number of carbonyl (C=O) groups is 3. The zero-order chi connectivity index (χ0) is 38.1. The molecule has 0 aromatic carbocycles. The summed E-state index contributed by atoms with van der Waals surface area (Å²) in [7, 11) is -1.50. The highest BCUT2D eigenvalue weighted by atomic mass is 32.2. The number of esters is 1. The summed E-state index contributed by atoms with van der Waals surface area (Å²) >= 11 is 0.